The van der Waals surface area contributed by atoms with Gasteiger partial charge in [-0.25, -0.2) is 4.98 Å². The fourth-order valence-electron chi connectivity index (χ4n) is 3.76. The lowest BCUT2D eigenvalue weighted by Crippen LogP contribution is -2.18. The van der Waals surface area contributed by atoms with Crippen molar-refractivity contribution >= 4 is 10.8 Å². The number of ether oxygens (including phenoxy) is 2. The van der Waals surface area contributed by atoms with Crippen LogP contribution >= 0.6 is 0 Å². The van der Waals surface area contributed by atoms with Crippen LogP contribution in [-0.4, -0.2) is 19.2 Å². The number of methoxy groups -OCH3 is 2. The van der Waals surface area contributed by atoms with Gasteiger partial charge in [0.2, 0.25) is 5.88 Å². The molecule has 4 heteroatoms. The molecule has 4 rings (SSSR count). The van der Waals surface area contributed by atoms with Gasteiger partial charge in [0, 0.05) is 36.0 Å². The Bertz CT molecular complexity index is 1130. The summed E-state index contributed by atoms with van der Waals surface area (Å²) in [4.78, 5) is 4.33. The van der Waals surface area contributed by atoms with Crippen molar-refractivity contribution in [3.05, 3.63) is 90.1 Å². The fraction of sp³-hybridized carbons (Fsp3) is 0.192. The van der Waals surface area contributed by atoms with E-state index in [1.807, 2.05) is 24.4 Å². The van der Waals surface area contributed by atoms with Gasteiger partial charge in [-0.1, -0.05) is 48.5 Å². The Hall–Kier alpha value is -3.37. The zero-order valence-electron chi connectivity index (χ0n) is 17.6. The van der Waals surface area contributed by atoms with Crippen molar-refractivity contribution in [2.75, 3.05) is 14.2 Å². The Morgan fingerprint density at radius 2 is 1.73 bits per heavy atom. The van der Waals surface area contributed by atoms with E-state index in [9.17, 15) is 0 Å². The third-order valence-corrected chi connectivity index (χ3v) is 5.42. The summed E-state index contributed by atoms with van der Waals surface area (Å²) in [7, 11) is 3.31. The monoisotopic (exact) mass is 398 g/mol. The molecule has 4 aromatic rings. The van der Waals surface area contributed by atoms with Gasteiger partial charge in [0.05, 0.1) is 14.2 Å². The van der Waals surface area contributed by atoms with Crippen LogP contribution in [0.15, 0.2) is 79.0 Å². The molecule has 0 radical (unpaired) electrons. The Morgan fingerprint density at radius 3 is 2.50 bits per heavy atom. The average molecular weight is 399 g/mol. The van der Waals surface area contributed by atoms with Crippen molar-refractivity contribution in [1.29, 1.82) is 0 Å². The van der Waals surface area contributed by atoms with E-state index in [2.05, 4.69) is 71.8 Å². The van der Waals surface area contributed by atoms with E-state index in [0.29, 0.717) is 5.88 Å². The predicted molar refractivity (Wildman–Crippen MR) is 122 cm³/mol. The van der Waals surface area contributed by atoms with Crippen LogP contribution in [0.1, 0.15) is 24.1 Å². The molecule has 30 heavy (non-hydrogen) atoms. The van der Waals surface area contributed by atoms with Crippen LogP contribution in [0.5, 0.6) is 11.6 Å². The molecule has 1 unspecified atom stereocenters. The maximum Gasteiger partial charge on any atom is 0.212 e. The number of nitrogens with one attached hydrogen (secondary N) is 1. The first-order chi connectivity index (χ1) is 14.7. The van der Waals surface area contributed by atoms with Gasteiger partial charge in [-0.2, -0.15) is 0 Å². The van der Waals surface area contributed by atoms with Crippen LogP contribution in [0.2, 0.25) is 0 Å². The fourth-order valence-corrected chi connectivity index (χ4v) is 3.76. The van der Waals surface area contributed by atoms with Crippen molar-refractivity contribution < 1.29 is 9.47 Å². The van der Waals surface area contributed by atoms with Crippen LogP contribution in [-0.2, 0) is 6.54 Å². The molecule has 4 nitrogen and oxygen atoms in total. The van der Waals surface area contributed by atoms with Crippen LogP contribution in [0, 0.1) is 0 Å². The highest BCUT2D eigenvalue weighted by molar-refractivity contribution is 5.86. The van der Waals surface area contributed by atoms with E-state index in [4.69, 9.17) is 9.47 Å². The van der Waals surface area contributed by atoms with Crippen molar-refractivity contribution in [2.45, 2.75) is 19.5 Å². The third-order valence-electron chi connectivity index (χ3n) is 5.42. The molecule has 0 spiro atoms. The third kappa shape index (κ3) is 4.14. The molecule has 0 saturated heterocycles. The molecule has 0 amide bonds. The number of hydrogen-bond donors (Lipinski definition) is 1. The first kappa shape index (κ1) is 19.9. The molecule has 3 aromatic carbocycles. The predicted octanol–water partition coefficient (Wildman–Crippen LogP) is 5.77. The zero-order chi connectivity index (χ0) is 20.9. The SMILES string of the molecule is COc1ccc(-c2cc(CNC(C)c3cccc4ccccc34)ccc2OC)cn1. The van der Waals surface area contributed by atoms with Gasteiger partial charge in [0.1, 0.15) is 5.75 Å². The van der Waals surface area contributed by atoms with Crippen LogP contribution in [0.4, 0.5) is 0 Å². The molecule has 1 aromatic heterocycles. The van der Waals surface area contributed by atoms with Crippen molar-refractivity contribution in [3.8, 4) is 22.8 Å². The maximum absolute atomic E-state index is 5.57. The summed E-state index contributed by atoms with van der Waals surface area (Å²) in [6, 6.07) is 25.4. The van der Waals surface area contributed by atoms with Gasteiger partial charge < -0.3 is 14.8 Å². The highest BCUT2D eigenvalue weighted by Gasteiger charge is 2.11. The van der Waals surface area contributed by atoms with Gasteiger partial charge >= 0.3 is 0 Å². The van der Waals surface area contributed by atoms with Gasteiger partial charge in [0.25, 0.3) is 0 Å². The number of nitrogens with zero attached hydrogens (tertiary/aromatic N) is 1. The number of benzene rings is 3. The molecule has 1 heterocycles. The molecule has 0 bridgehead atoms. The number of fused-ring (bicyclic) bond motifs is 1. The molecule has 0 fully saturated rings. The normalized spacial score (nSPS) is 12.0. The number of hydrogen-bond acceptors (Lipinski definition) is 4. The van der Waals surface area contributed by atoms with E-state index in [1.165, 1.54) is 21.9 Å². The second-order valence-electron chi connectivity index (χ2n) is 7.29. The summed E-state index contributed by atoms with van der Waals surface area (Å²) in [5, 5.41) is 6.22. The first-order valence-electron chi connectivity index (χ1n) is 10.1. The highest BCUT2D eigenvalue weighted by atomic mass is 16.5. The minimum Gasteiger partial charge on any atom is -0.496 e. The number of pyridine rings is 1. The van der Waals surface area contributed by atoms with E-state index in [0.717, 1.165) is 23.4 Å². The second-order valence-corrected chi connectivity index (χ2v) is 7.29. The molecule has 0 aliphatic heterocycles. The Balaban J connectivity index is 1.56. The quantitative estimate of drug-likeness (QED) is 0.429. The van der Waals surface area contributed by atoms with E-state index < -0.39 is 0 Å². The maximum atomic E-state index is 5.57. The molecular weight excluding hydrogens is 372 g/mol. The lowest BCUT2D eigenvalue weighted by atomic mass is 9.99. The minimum absolute atomic E-state index is 0.226. The second kappa shape index (κ2) is 8.97. The summed E-state index contributed by atoms with van der Waals surface area (Å²) >= 11 is 0. The average Bonchev–Trinajstić information content (AvgIpc) is 2.82. The Morgan fingerprint density at radius 1 is 0.900 bits per heavy atom. The van der Waals surface area contributed by atoms with E-state index >= 15 is 0 Å². The molecule has 0 aliphatic rings. The van der Waals surface area contributed by atoms with Crippen LogP contribution in [0.25, 0.3) is 21.9 Å². The number of aromatic nitrogens is 1. The summed E-state index contributed by atoms with van der Waals surface area (Å²) in [6.07, 6.45) is 1.81. The largest absolute Gasteiger partial charge is 0.496 e. The minimum atomic E-state index is 0.226. The van der Waals surface area contributed by atoms with Crippen LogP contribution in [0.3, 0.4) is 0 Å². The van der Waals surface area contributed by atoms with Crippen molar-refractivity contribution in [1.82, 2.24) is 10.3 Å². The standard InChI is InChI=1S/C26H26N2O2/c1-18(22-10-6-8-20-7-4-5-9-23(20)22)27-16-19-11-13-25(29-2)24(15-19)21-12-14-26(30-3)28-17-21/h4-15,17-18,27H,16H2,1-3H3. The van der Waals surface area contributed by atoms with Crippen molar-refractivity contribution in [3.63, 3.8) is 0 Å². The van der Waals surface area contributed by atoms with Gasteiger partial charge in [-0.15, -0.1) is 0 Å². The Kier molecular flexibility index (Phi) is 5.96. The summed E-state index contributed by atoms with van der Waals surface area (Å²) in [5.74, 6) is 1.42. The molecule has 1 atom stereocenters. The summed E-state index contributed by atoms with van der Waals surface area (Å²) < 4.78 is 10.7. The molecular formula is C26H26N2O2. The highest BCUT2D eigenvalue weighted by Crippen LogP contribution is 2.31. The zero-order valence-corrected chi connectivity index (χ0v) is 17.6. The van der Waals surface area contributed by atoms with Crippen molar-refractivity contribution in [2.24, 2.45) is 0 Å². The van der Waals surface area contributed by atoms with E-state index in [-0.39, 0.29) is 6.04 Å². The molecule has 0 saturated carbocycles. The lowest BCUT2D eigenvalue weighted by Gasteiger charge is -2.18. The topological polar surface area (TPSA) is 43.4 Å². The number of rotatable bonds is 7. The summed E-state index contributed by atoms with van der Waals surface area (Å²) in [5.41, 5.74) is 4.51. The molecule has 152 valence electrons. The molecule has 1 N–H and O–H groups in total. The summed E-state index contributed by atoms with van der Waals surface area (Å²) in [6.45, 7) is 2.96. The van der Waals surface area contributed by atoms with E-state index in [1.54, 1.807) is 14.2 Å². The Labute approximate surface area is 177 Å². The lowest BCUT2D eigenvalue weighted by molar-refractivity contribution is 0.398. The molecule has 0 aliphatic carbocycles. The van der Waals surface area contributed by atoms with Crippen LogP contribution < -0.4 is 14.8 Å². The first-order valence-corrected chi connectivity index (χ1v) is 10.1. The van der Waals surface area contributed by atoms with Gasteiger partial charge in [-0.05, 0) is 47.0 Å². The smallest absolute Gasteiger partial charge is 0.212 e. The van der Waals surface area contributed by atoms with Gasteiger partial charge in [0.15, 0.2) is 0 Å². The van der Waals surface area contributed by atoms with Gasteiger partial charge in [-0.3, -0.25) is 0 Å².